The highest BCUT2D eigenvalue weighted by molar-refractivity contribution is 5.48. The number of hydrogen-bond acceptors (Lipinski definition) is 5. The Hall–Kier alpha value is -1.33. The van der Waals surface area contributed by atoms with Crippen LogP contribution in [0.15, 0.2) is 18.3 Å². The highest BCUT2D eigenvalue weighted by atomic mass is 16.5. The molecule has 1 N–H and O–H groups in total. The van der Waals surface area contributed by atoms with Crippen molar-refractivity contribution in [3.05, 3.63) is 18.3 Å². The molecule has 116 valence electrons. The van der Waals surface area contributed by atoms with Gasteiger partial charge in [0.25, 0.3) is 0 Å². The summed E-state index contributed by atoms with van der Waals surface area (Å²) in [7, 11) is 2.21. The van der Waals surface area contributed by atoms with Crippen LogP contribution >= 0.6 is 0 Å². The van der Waals surface area contributed by atoms with Gasteiger partial charge in [0.2, 0.25) is 0 Å². The van der Waals surface area contributed by atoms with Gasteiger partial charge in [-0.05, 0) is 44.5 Å². The maximum absolute atomic E-state index is 5.37. The average Bonchev–Trinajstić information content (AvgIpc) is 2.54. The molecule has 2 aliphatic heterocycles. The minimum absolute atomic E-state index is 0.752. The van der Waals surface area contributed by atoms with Crippen LogP contribution in [0, 0.1) is 5.92 Å². The number of pyridine rings is 1. The van der Waals surface area contributed by atoms with Crippen LogP contribution in [-0.2, 0) is 4.74 Å². The molecule has 3 rings (SSSR count). The molecule has 1 atom stereocenters. The quantitative estimate of drug-likeness (QED) is 0.913. The molecule has 0 spiro atoms. The van der Waals surface area contributed by atoms with Crippen LogP contribution in [0.5, 0.6) is 0 Å². The summed E-state index contributed by atoms with van der Waals surface area (Å²) in [6.45, 7) is 6.97. The maximum Gasteiger partial charge on any atom is 0.128 e. The van der Waals surface area contributed by atoms with Gasteiger partial charge in [-0.3, -0.25) is 0 Å². The van der Waals surface area contributed by atoms with Gasteiger partial charge in [0.15, 0.2) is 0 Å². The Bertz CT molecular complexity index is 430. The monoisotopic (exact) mass is 290 g/mol. The third kappa shape index (κ3) is 4.08. The van der Waals surface area contributed by atoms with Gasteiger partial charge < -0.3 is 19.9 Å². The third-order valence-corrected chi connectivity index (χ3v) is 4.40. The number of likely N-dealkylation sites (tertiary alicyclic amines) is 1. The molecule has 1 aromatic rings. The van der Waals surface area contributed by atoms with Crippen LogP contribution in [0.25, 0.3) is 0 Å². The number of nitrogens with zero attached hydrogens (tertiary/aromatic N) is 3. The van der Waals surface area contributed by atoms with Crippen LogP contribution in [-0.4, -0.2) is 62.9 Å². The zero-order valence-corrected chi connectivity index (χ0v) is 12.9. The van der Waals surface area contributed by atoms with E-state index in [-0.39, 0.29) is 0 Å². The molecule has 0 aromatic carbocycles. The summed E-state index contributed by atoms with van der Waals surface area (Å²) in [6.07, 6.45) is 4.60. The van der Waals surface area contributed by atoms with E-state index >= 15 is 0 Å². The fraction of sp³-hybridized carbons (Fsp3) is 0.688. The van der Waals surface area contributed by atoms with Crippen LogP contribution in [0.1, 0.15) is 12.8 Å². The molecule has 1 aromatic heterocycles. The van der Waals surface area contributed by atoms with Gasteiger partial charge in [-0.2, -0.15) is 0 Å². The van der Waals surface area contributed by atoms with Crippen molar-refractivity contribution in [1.82, 2.24) is 9.88 Å². The molecule has 21 heavy (non-hydrogen) atoms. The molecule has 3 heterocycles. The van der Waals surface area contributed by atoms with Crippen molar-refractivity contribution in [2.45, 2.75) is 12.8 Å². The predicted molar refractivity (Wildman–Crippen MR) is 86.0 cm³/mol. The molecule has 0 bridgehead atoms. The molecule has 0 radical (unpaired) electrons. The second-order valence-electron chi connectivity index (χ2n) is 6.16. The molecule has 1 unspecified atom stereocenters. The van der Waals surface area contributed by atoms with E-state index in [1.807, 2.05) is 6.20 Å². The van der Waals surface area contributed by atoms with E-state index in [1.54, 1.807) is 0 Å². The fourth-order valence-corrected chi connectivity index (χ4v) is 3.17. The Kier molecular flexibility index (Phi) is 4.93. The topological polar surface area (TPSA) is 40.6 Å². The second-order valence-corrected chi connectivity index (χ2v) is 6.16. The van der Waals surface area contributed by atoms with Gasteiger partial charge in [0.1, 0.15) is 5.82 Å². The lowest BCUT2D eigenvalue weighted by Crippen LogP contribution is -2.36. The Labute approximate surface area is 127 Å². The first-order chi connectivity index (χ1) is 10.3. The largest absolute Gasteiger partial charge is 0.383 e. The number of morpholine rings is 1. The molecule has 5 heteroatoms. The standard InChI is InChI=1S/C16H26N4O/c1-19-6-2-3-14(13-19)11-17-15-4-5-16(18-12-15)20-7-9-21-10-8-20/h4-5,12,14,17H,2-3,6-11,13H2,1H3. The van der Waals surface area contributed by atoms with Crippen molar-refractivity contribution < 1.29 is 4.74 Å². The van der Waals surface area contributed by atoms with E-state index in [1.165, 1.54) is 25.9 Å². The number of anilines is 2. The lowest BCUT2D eigenvalue weighted by atomic mass is 9.98. The Morgan fingerprint density at radius 2 is 2.14 bits per heavy atom. The smallest absolute Gasteiger partial charge is 0.128 e. The van der Waals surface area contributed by atoms with Crippen LogP contribution in [0.2, 0.25) is 0 Å². The number of rotatable bonds is 4. The number of ether oxygens (including phenoxy) is 1. The summed E-state index contributed by atoms with van der Waals surface area (Å²) in [4.78, 5) is 9.29. The van der Waals surface area contributed by atoms with Gasteiger partial charge in [-0.25, -0.2) is 4.98 Å². The van der Waals surface area contributed by atoms with E-state index in [0.29, 0.717) is 0 Å². The first-order valence-corrected chi connectivity index (χ1v) is 8.02. The number of nitrogens with one attached hydrogen (secondary N) is 1. The molecule has 5 nitrogen and oxygen atoms in total. The van der Waals surface area contributed by atoms with E-state index in [4.69, 9.17) is 4.74 Å². The zero-order valence-electron chi connectivity index (χ0n) is 12.9. The summed E-state index contributed by atoms with van der Waals surface area (Å²) < 4.78 is 5.37. The molecule has 2 saturated heterocycles. The van der Waals surface area contributed by atoms with Crippen molar-refractivity contribution in [2.24, 2.45) is 5.92 Å². The maximum atomic E-state index is 5.37. The van der Waals surface area contributed by atoms with E-state index in [0.717, 1.165) is 50.3 Å². The summed E-state index contributed by atoms with van der Waals surface area (Å²) in [5, 5.41) is 3.53. The molecule has 0 amide bonds. The Morgan fingerprint density at radius 3 is 2.86 bits per heavy atom. The van der Waals surface area contributed by atoms with Gasteiger partial charge in [-0.1, -0.05) is 0 Å². The van der Waals surface area contributed by atoms with Crippen molar-refractivity contribution in [1.29, 1.82) is 0 Å². The number of hydrogen-bond donors (Lipinski definition) is 1. The van der Waals surface area contributed by atoms with Crippen molar-refractivity contribution >= 4 is 11.5 Å². The lowest BCUT2D eigenvalue weighted by Gasteiger charge is -2.30. The summed E-state index contributed by atoms with van der Waals surface area (Å²) in [5.74, 6) is 1.81. The van der Waals surface area contributed by atoms with E-state index in [2.05, 4.69) is 39.3 Å². The minimum atomic E-state index is 0.752. The van der Waals surface area contributed by atoms with Gasteiger partial charge in [-0.15, -0.1) is 0 Å². The number of aromatic nitrogens is 1. The molecular formula is C16H26N4O. The normalized spacial score (nSPS) is 24.0. The van der Waals surface area contributed by atoms with Crippen molar-refractivity contribution in [2.75, 3.05) is 63.2 Å². The fourth-order valence-electron chi connectivity index (χ4n) is 3.17. The first-order valence-electron chi connectivity index (χ1n) is 8.02. The van der Waals surface area contributed by atoms with Crippen molar-refractivity contribution in [3.63, 3.8) is 0 Å². The van der Waals surface area contributed by atoms with Gasteiger partial charge in [0.05, 0.1) is 25.1 Å². The summed E-state index contributed by atoms with van der Waals surface area (Å²) in [5.41, 5.74) is 1.13. The van der Waals surface area contributed by atoms with Crippen LogP contribution in [0.3, 0.4) is 0 Å². The van der Waals surface area contributed by atoms with Gasteiger partial charge in [0, 0.05) is 26.2 Å². The Balaban J connectivity index is 1.49. The van der Waals surface area contributed by atoms with Crippen LogP contribution in [0.4, 0.5) is 11.5 Å². The summed E-state index contributed by atoms with van der Waals surface area (Å²) in [6, 6.07) is 4.25. The molecular weight excluding hydrogens is 264 g/mol. The molecule has 2 aliphatic rings. The van der Waals surface area contributed by atoms with Crippen molar-refractivity contribution in [3.8, 4) is 0 Å². The first kappa shape index (κ1) is 14.6. The molecule has 0 aliphatic carbocycles. The van der Waals surface area contributed by atoms with E-state index < -0.39 is 0 Å². The average molecular weight is 290 g/mol. The van der Waals surface area contributed by atoms with Gasteiger partial charge >= 0.3 is 0 Å². The molecule has 0 saturated carbocycles. The second kappa shape index (κ2) is 7.09. The minimum Gasteiger partial charge on any atom is -0.383 e. The van der Waals surface area contributed by atoms with Crippen LogP contribution < -0.4 is 10.2 Å². The lowest BCUT2D eigenvalue weighted by molar-refractivity contribution is 0.122. The summed E-state index contributed by atoms with van der Waals surface area (Å²) >= 11 is 0. The molecule has 2 fully saturated rings. The highest BCUT2D eigenvalue weighted by Gasteiger charge is 2.17. The van der Waals surface area contributed by atoms with E-state index in [9.17, 15) is 0 Å². The Morgan fingerprint density at radius 1 is 1.29 bits per heavy atom. The SMILES string of the molecule is CN1CCCC(CNc2ccc(N3CCOCC3)nc2)C1. The predicted octanol–water partition coefficient (Wildman–Crippen LogP) is 1.67. The highest BCUT2D eigenvalue weighted by Crippen LogP contribution is 2.18. The zero-order chi connectivity index (χ0) is 14.5. The third-order valence-electron chi connectivity index (χ3n) is 4.40. The number of piperidine rings is 1.